The third kappa shape index (κ3) is 5.57. The summed E-state index contributed by atoms with van der Waals surface area (Å²) in [7, 11) is 0. The molecule has 0 saturated carbocycles. The minimum atomic E-state index is -4.54. The Kier molecular flexibility index (Phi) is 6.50. The molecule has 0 radical (unpaired) electrons. The SMILES string of the molecule is N#CCc1ccc(CC(=O)c2cccn(-c3ccccc3OCC(F)(F)F)c2=O)cn1. The molecule has 0 fully saturated rings. The highest BCUT2D eigenvalue weighted by Gasteiger charge is 2.29. The van der Waals surface area contributed by atoms with Crippen LogP contribution >= 0.6 is 0 Å². The molecule has 0 bridgehead atoms. The molecule has 6 nitrogen and oxygen atoms in total. The first-order valence-corrected chi connectivity index (χ1v) is 9.13. The van der Waals surface area contributed by atoms with Crippen molar-refractivity contribution in [3.8, 4) is 17.5 Å². The van der Waals surface area contributed by atoms with Crippen LogP contribution in [0.5, 0.6) is 5.75 Å². The first-order valence-electron chi connectivity index (χ1n) is 9.13. The molecule has 3 aromatic rings. The van der Waals surface area contributed by atoms with Crippen molar-refractivity contribution < 1.29 is 22.7 Å². The lowest BCUT2D eigenvalue weighted by atomic mass is 10.0. The van der Waals surface area contributed by atoms with Crippen LogP contribution in [0.4, 0.5) is 13.2 Å². The molecule has 0 aliphatic heterocycles. The zero-order valence-corrected chi connectivity index (χ0v) is 16.1. The predicted molar refractivity (Wildman–Crippen MR) is 105 cm³/mol. The van der Waals surface area contributed by atoms with Gasteiger partial charge in [0.1, 0.15) is 5.75 Å². The Bertz CT molecular complexity index is 1180. The van der Waals surface area contributed by atoms with Gasteiger partial charge in [0.05, 0.1) is 29.4 Å². The predicted octanol–water partition coefficient (Wildman–Crippen LogP) is 3.67. The Morgan fingerprint density at radius 3 is 2.58 bits per heavy atom. The summed E-state index contributed by atoms with van der Waals surface area (Å²) < 4.78 is 43.5. The summed E-state index contributed by atoms with van der Waals surface area (Å²) in [5.41, 5.74) is 0.430. The molecule has 0 saturated heterocycles. The third-order valence-corrected chi connectivity index (χ3v) is 4.27. The van der Waals surface area contributed by atoms with Crippen molar-refractivity contribution in [2.75, 3.05) is 6.61 Å². The second-order valence-electron chi connectivity index (χ2n) is 6.56. The molecule has 0 N–H and O–H groups in total. The molecule has 158 valence electrons. The van der Waals surface area contributed by atoms with E-state index in [4.69, 9.17) is 10.00 Å². The average Bonchev–Trinajstić information content (AvgIpc) is 2.74. The molecule has 0 amide bonds. The van der Waals surface area contributed by atoms with Gasteiger partial charge in [0, 0.05) is 18.8 Å². The molecule has 31 heavy (non-hydrogen) atoms. The Labute approximate surface area is 175 Å². The number of hydrogen-bond donors (Lipinski definition) is 0. The normalized spacial score (nSPS) is 11.0. The zero-order valence-electron chi connectivity index (χ0n) is 16.1. The van der Waals surface area contributed by atoms with Gasteiger partial charge in [-0.05, 0) is 35.9 Å². The van der Waals surface area contributed by atoms with E-state index >= 15 is 0 Å². The number of aromatic nitrogens is 2. The number of hydrogen-bond acceptors (Lipinski definition) is 5. The number of pyridine rings is 2. The van der Waals surface area contributed by atoms with Crippen molar-refractivity contribution in [3.05, 3.63) is 88.1 Å². The van der Waals surface area contributed by atoms with E-state index in [-0.39, 0.29) is 29.8 Å². The monoisotopic (exact) mass is 427 g/mol. The van der Waals surface area contributed by atoms with Gasteiger partial charge in [-0.15, -0.1) is 0 Å². The Morgan fingerprint density at radius 1 is 1.13 bits per heavy atom. The maximum absolute atomic E-state index is 12.9. The van der Waals surface area contributed by atoms with Gasteiger partial charge < -0.3 is 4.74 Å². The van der Waals surface area contributed by atoms with Gasteiger partial charge in [-0.25, -0.2) is 0 Å². The lowest BCUT2D eigenvalue weighted by Crippen LogP contribution is -2.26. The topological polar surface area (TPSA) is 85.0 Å². The highest BCUT2D eigenvalue weighted by molar-refractivity contribution is 5.97. The van der Waals surface area contributed by atoms with E-state index in [2.05, 4.69) is 4.98 Å². The fourth-order valence-corrected chi connectivity index (χ4v) is 2.86. The number of ether oxygens (including phenoxy) is 1. The van der Waals surface area contributed by atoms with E-state index in [0.29, 0.717) is 11.3 Å². The van der Waals surface area contributed by atoms with E-state index in [0.717, 1.165) is 4.57 Å². The van der Waals surface area contributed by atoms with Crippen molar-refractivity contribution >= 4 is 5.78 Å². The number of benzene rings is 1. The van der Waals surface area contributed by atoms with Crippen LogP contribution in [0, 0.1) is 11.3 Å². The first-order chi connectivity index (χ1) is 14.8. The van der Waals surface area contributed by atoms with E-state index in [1.54, 1.807) is 18.2 Å². The molecule has 0 atom stereocenters. The fraction of sp³-hybridized carbons (Fsp3) is 0.182. The van der Waals surface area contributed by atoms with Gasteiger partial charge in [-0.2, -0.15) is 18.4 Å². The van der Waals surface area contributed by atoms with Crippen molar-refractivity contribution in [2.45, 2.75) is 19.0 Å². The molecular formula is C22H16F3N3O3. The van der Waals surface area contributed by atoms with Crippen LogP contribution in [0.2, 0.25) is 0 Å². The number of nitrogens with zero attached hydrogens (tertiary/aromatic N) is 3. The maximum Gasteiger partial charge on any atom is 0.422 e. The van der Waals surface area contributed by atoms with Crippen LogP contribution in [0.3, 0.4) is 0 Å². The van der Waals surface area contributed by atoms with Gasteiger partial charge in [-0.3, -0.25) is 19.1 Å². The third-order valence-electron chi connectivity index (χ3n) is 4.27. The smallest absolute Gasteiger partial charge is 0.422 e. The van der Waals surface area contributed by atoms with Crippen molar-refractivity contribution in [1.29, 1.82) is 5.26 Å². The standard InChI is InChI=1S/C22H16F3N3O3/c23-22(24,25)14-31-20-6-2-1-5-18(20)28-11-3-4-17(21(28)30)19(29)12-15-7-8-16(9-10-26)27-13-15/h1-8,11,13H,9,12,14H2. The summed E-state index contributed by atoms with van der Waals surface area (Å²) in [6.45, 7) is -1.51. The summed E-state index contributed by atoms with van der Waals surface area (Å²) in [5.74, 6) is -0.605. The molecule has 2 heterocycles. The lowest BCUT2D eigenvalue weighted by Gasteiger charge is -2.15. The van der Waals surface area contributed by atoms with Crippen LogP contribution in [0.1, 0.15) is 21.6 Å². The van der Waals surface area contributed by atoms with Gasteiger partial charge in [0.25, 0.3) is 5.56 Å². The van der Waals surface area contributed by atoms with Gasteiger partial charge in [0.15, 0.2) is 12.4 Å². The number of halogens is 3. The highest BCUT2D eigenvalue weighted by Crippen LogP contribution is 2.24. The average molecular weight is 427 g/mol. The molecule has 0 aliphatic rings. The molecule has 1 aromatic carbocycles. The molecule has 2 aromatic heterocycles. The number of para-hydroxylation sites is 2. The Morgan fingerprint density at radius 2 is 1.90 bits per heavy atom. The van der Waals surface area contributed by atoms with E-state index in [1.807, 2.05) is 6.07 Å². The molecule has 3 rings (SSSR count). The van der Waals surface area contributed by atoms with Crippen molar-refractivity contribution in [1.82, 2.24) is 9.55 Å². The first kappa shape index (κ1) is 21.8. The van der Waals surface area contributed by atoms with Gasteiger partial charge in [-0.1, -0.05) is 18.2 Å². The molecule has 0 unspecified atom stereocenters. The van der Waals surface area contributed by atoms with Gasteiger partial charge in [0.2, 0.25) is 0 Å². The fourth-order valence-electron chi connectivity index (χ4n) is 2.86. The van der Waals surface area contributed by atoms with E-state index < -0.39 is 24.1 Å². The molecule has 0 aliphatic carbocycles. The number of carbonyl (C=O) groups excluding carboxylic acids is 1. The maximum atomic E-state index is 12.9. The van der Waals surface area contributed by atoms with Crippen LogP contribution in [0.25, 0.3) is 5.69 Å². The molecule has 0 spiro atoms. The van der Waals surface area contributed by atoms with E-state index in [1.165, 1.54) is 42.7 Å². The summed E-state index contributed by atoms with van der Waals surface area (Å²) in [4.78, 5) is 29.7. The Hall–Kier alpha value is -3.93. The number of rotatable bonds is 7. The lowest BCUT2D eigenvalue weighted by molar-refractivity contribution is -0.153. The van der Waals surface area contributed by atoms with Crippen LogP contribution in [-0.2, 0) is 12.8 Å². The largest absolute Gasteiger partial charge is 0.482 e. The molecular weight excluding hydrogens is 411 g/mol. The summed E-state index contributed by atoms with van der Waals surface area (Å²) >= 11 is 0. The number of carbonyl (C=O) groups is 1. The van der Waals surface area contributed by atoms with Crippen LogP contribution in [0.15, 0.2) is 65.7 Å². The summed E-state index contributed by atoms with van der Waals surface area (Å²) in [5, 5.41) is 8.68. The Balaban J connectivity index is 1.88. The highest BCUT2D eigenvalue weighted by atomic mass is 19.4. The van der Waals surface area contributed by atoms with E-state index in [9.17, 15) is 22.8 Å². The quantitative estimate of drug-likeness (QED) is 0.537. The summed E-state index contributed by atoms with van der Waals surface area (Å²) in [6.07, 6.45) is -1.66. The van der Waals surface area contributed by atoms with Crippen molar-refractivity contribution in [2.24, 2.45) is 0 Å². The van der Waals surface area contributed by atoms with Crippen LogP contribution in [-0.4, -0.2) is 28.1 Å². The minimum Gasteiger partial charge on any atom is -0.482 e. The second kappa shape index (κ2) is 9.26. The number of Topliss-reactive ketones (excluding diaryl/α,β-unsaturated/α-hetero) is 1. The van der Waals surface area contributed by atoms with Crippen molar-refractivity contribution in [3.63, 3.8) is 0 Å². The number of alkyl halides is 3. The zero-order chi connectivity index (χ0) is 22.4. The van der Waals surface area contributed by atoms with Gasteiger partial charge >= 0.3 is 6.18 Å². The summed E-state index contributed by atoms with van der Waals surface area (Å²) in [6, 6.07) is 13.9. The minimum absolute atomic E-state index is 0.0916. The number of ketones is 1. The number of nitriles is 1. The molecule has 9 heteroatoms. The second-order valence-corrected chi connectivity index (χ2v) is 6.56. The van der Waals surface area contributed by atoms with Crippen LogP contribution < -0.4 is 10.3 Å².